The number of esters is 1. The summed E-state index contributed by atoms with van der Waals surface area (Å²) < 4.78 is 5.27. The summed E-state index contributed by atoms with van der Waals surface area (Å²) in [6.45, 7) is 6.45. The molecule has 0 spiro atoms. The van der Waals surface area contributed by atoms with Crippen LogP contribution in [-0.4, -0.2) is 39.9 Å². The third-order valence-electron chi connectivity index (χ3n) is 3.21. The van der Waals surface area contributed by atoms with Crippen molar-refractivity contribution in [1.82, 2.24) is 9.88 Å². The molecule has 108 valence electrons. The van der Waals surface area contributed by atoms with Gasteiger partial charge in [-0.15, -0.1) is 0 Å². The Hall–Kier alpha value is -1.62. The lowest BCUT2D eigenvalue weighted by atomic mass is 10.1. The number of amides is 1. The van der Waals surface area contributed by atoms with Crippen molar-refractivity contribution in [3.8, 4) is 0 Å². The molecule has 0 saturated carbocycles. The summed E-state index contributed by atoms with van der Waals surface area (Å²) in [6.07, 6.45) is 2.60. The van der Waals surface area contributed by atoms with Crippen molar-refractivity contribution in [2.75, 3.05) is 6.54 Å². The number of nitrogens with zero attached hydrogens (tertiary/aromatic N) is 2. The maximum Gasteiger partial charge on any atom is 0.340 e. The molecule has 0 aromatic carbocycles. The molecule has 2 rings (SSSR count). The predicted octanol–water partition coefficient (Wildman–Crippen LogP) is 2.29. The third kappa shape index (κ3) is 2.93. The van der Waals surface area contributed by atoms with Crippen molar-refractivity contribution in [3.05, 3.63) is 29.0 Å². The molecule has 2 heterocycles. The summed E-state index contributed by atoms with van der Waals surface area (Å²) in [5.74, 6) is -0.748. The number of pyridine rings is 1. The van der Waals surface area contributed by atoms with Gasteiger partial charge in [-0.1, -0.05) is 11.6 Å². The fourth-order valence-corrected chi connectivity index (χ4v) is 2.36. The average Bonchev–Trinajstić information content (AvgIpc) is 2.71. The zero-order valence-electron chi connectivity index (χ0n) is 11.7. The van der Waals surface area contributed by atoms with Gasteiger partial charge in [-0.3, -0.25) is 9.78 Å². The third-order valence-corrected chi connectivity index (χ3v) is 3.51. The number of carbonyl (C=O) groups is 2. The Morgan fingerprint density at radius 3 is 2.75 bits per heavy atom. The first-order valence-corrected chi connectivity index (χ1v) is 6.80. The van der Waals surface area contributed by atoms with Crippen molar-refractivity contribution in [1.29, 1.82) is 0 Å². The highest BCUT2D eigenvalue weighted by Gasteiger charge is 2.40. The molecule has 1 amide bonds. The van der Waals surface area contributed by atoms with Crippen LogP contribution >= 0.6 is 11.6 Å². The van der Waals surface area contributed by atoms with Gasteiger partial charge in [0.1, 0.15) is 0 Å². The van der Waals surface area contributed by atoms with Crippen molar-refractivity contribution in [2.45, 2.75) is 38.8 Å². The van der Waals surface area contributed by atoms with Crippen LogP contribution in [0.2, 0.25) is 5.02 Å². The van der Waals surface area contributed by atoms with Crippen molar-refractivity contribution in [2.24, 2.45) is 0 Å². The number of hydrogen-bond donors (Lipinski definition) is 0. The van der Waals surface area contributed by atoms with Gasteiger partial charge in [0.15, 0.2) is 6.10 Å². The highest BCUT2D eigenvalue weighted by atomic mass is 35.5. The quantitative estimate of drug-likeness (QED) is 0.786. The standard InChI is InChI=1S/C14H17ClN2O3/c1-14(2,3)17-7-5-11(12(17)18)20-13(19)9-4-6-16-8-10(9)15/h4,6,8,11H,5,7H2,1-3H3. The summed E-state index contributed by atoms with van der Waals surface area (Å²) in [5, 5.41) is 0.218. The van der Waals surface area contributed by atoms with E-state index in [9.17, 15) is 9.59 Å². The molecule has 0 bridgehead atoms. The monoisotopic (exact) mass is 296 g/mol. The van der Waals surface area contributed by atoms with E-state index in [-0.39, 0.29) is 22.0 Å². The Balaban J connectivity index is 2.07. The van der Waals surface area contributed by atoms with E-state index in [1.807, 2.05) is 20.8 Å². The highest BCUT2D eigenvalue weighted by Crippen LogP contribution is 2.25. The lowest BCUT2D eigenvalue weighted by Crippen LogP contribution is -2.44. The number of likely N-dealkylation sites (tertiary alicyclic amines) is 1. The van der Waals surface area contributed by atoms with Crippen molar-refractivity contribution >= 4 is 23.5 Å². The van der Waals surface area contributed by atoms with Crippen LogP contribution in [0.4, 0.5) is 0 Å². The highest BCUT2D eigenvalue weighted by molar-refractivity contribution is 6.33. The number of rotatable bonds is 2. The van der Waals surface area contributed by atoms with E-state index in [2.05, 4.69) is 4.98 Å². The molecule has 1 atom stereocenters. The predicted molar refractivity (Wildman–Crippen MR) is 74.5 cm³/mol. The molecule has 0 aliphatic carbocycles. The summed E-state index contributed by atoms with van der Waals surface area (Å²) in [5.41, 5.74) is -0.0457. The molecule has 1 aromatic heterocycles. The van der Waals surface area contributed by atoms with Gasteiger partial charge in [0.05, 0.1) is 10.6 Å². The number of hydrogen-bond acceptors (Lipinski definition) is 4. The first-order chi connectivity index (χ1) is 9.30. The fraction of sp³-hybridized carbons (Fsp3) is 0.500. The molecule has 0 radical (unpaired) electrons. The number of ether oxygens (including phenoxy) is 1. The van der Waals surface area contributed by atoms with Crippen LogP contribution < -0.4 is 0 Å². The lowest BCUT2D eigenvalue weighted by Gasteiger charge is -2.31. The minimum atomic E-state index is -0.731. The zero-order valence-corrected chi connectivity index (χ0v) is 12.5. The van der Waals surface area contributed by atoms with Gasteiger partial charge >= 0.3 is 5.97 Å². The molecule has 1 aliphatic rings. The van der Waals surface area contributed by atoms with Crippen molar-refractivity contribution < 1.29 is 14.3 Å². The first kappa shape index (κ1) is 14.8. The van der Waals surface area contributed by atoms with Gasteiger partial charge < -0.3 is 9.64 Å². The second-order valence-corrected chi connectivity index (χ2v) is 6.11. The average molecular weight is 297 g/mol. The Labute approximate surface area is 122 Å². The van der Waals surface area contributed by atoms with Gasteiger partial charge in [0.25, 0.3) is 5.91 Å². The normalized spacial score (nSPS) is 19.3. The van der Waals surface area contributed by atoms with Crippen LogP contribution in [0.15, 0.2) is 18.5 Å². The lowest BCUT2D eigenvalue weighted by molar-refractivity contribution is -0.138. The van der Waals surface area contributed by atoms with E-state index in [1.54, 1.807) is 4.90 Å². The zero-order chi connectivity index (χ0) is 14.9. The molecular weight excluding hydrogens is 280 g/mol. The van der Waals surface area contributed by atoms with Crippen LogP contribution in [0.1, 0.15) is 37.6 Å². The van der Waals surface area contributed by atoms with E-state index in [1.165, 1.54) is 18.5 Å². The topological polar surface area (TPSA) is 59.5 Å². The van der Waals surface area contributed by atoms with Gasteiger partial charge in [-0.25, -0.2) is 4.79 Å². The second-order valence-electron chi connectivity index (χ2n) is 5.70. The minimum absolute atomic E-state index is 0.156. The maximum atomic E-state index is 12.2. The van der Waals surface area contributed by atoms with E-state index in [0.29, 0.717) is 13.0 Å². The van der Waals surface area contributed by atoms with Crippen LogP contribution in [0.5, 0.6) is 0 Å². The summed E-state index contributed by atoms with van der Waals surface area (Å²) in [7, 11) is 0. The maximum absolute atomic E-state index is 12.2. The second kappa shape index (κ2) is 5.40. The van der Waals surface area contributed by atoms with Crippen LogP contribution in [0.3, 0.4) is 0 Å². The Kier molecular flexibility index (Phi) is 3.99. The number of aromatic nitrogens is 1. The SMILES string of the molecule is CC(C)(C)N1CCC(OC(=O)c2ccncc2Cl)C1=O. The van der Waals surface area contributed by atoms with Gasteiger partial charge in [0, 0.05) is 30.9 Å². The molecule has 1 fully saturated rings. The van der Waals surface area contributed by atoms with Gasteiger partial charge in [-0.05, 0) is 26.8 Å². The molecule has 1 saturated heterocycles. The van der Waals surface area contributed by atoms with Crippen LogP contribution in [-0.2, 0) is 9.53 Å². The van der Waals surface area contributed by atoms with Gasteiger partial charge in [0.2, 0.25) is 0 Å². The summed E-state index contributed by atoms with van der Waals surface area (Å²) in [6, 6.07) is 1.48. The van der Waals surface area contributed by atoms with E-state index in [4.69, 9.17) is 16.3 Å². The molecule has 1 aromatic rings. The Morgan fingerprint density at radius 1 is 1.50 bits per heavy atom. The number of halogens is 1. The molecule has 1 aliphatic heterocycles. The minimum Gasteiger partial charge on any atom is -0.449 e. The first-order valence-electron chi connectivity index (χ1n) is 6.42. The van der Waals surface area contributed by atoms with Crippen molar-refractivity contribution in [3.63, 3.8) is 0 Å². The number of carbonyl (C=O) groups excluding carboxylic acids is 2. The largest absolute Gasteiger partial charge is 0.449 e. The summed E-state index contributed by atoms with van der Waals surface area (Å²) in [4.78, 5) is 29.8. The Bertz CT molecular complexity index is 539. The van der Waals surface area contributed by atoms with Gasteiger partial charge in [-0.2, -0.15) is 0 Å². The van der Waals surface area contributed by atoms with E-state index < -0.39 is 12.1 Å². The smallest absolute Gasteiger partial charge is 0.340 e. The summed E-state index contributed by atoms with van der Waals surface area (Å²) >= 11 is 5.88. The molecule has 6 heteroatoms. The molecular formula is C14H17ClN2O3. The molecule has 20 heavy (non-hydrogen) atoms. The van der Waals surface area contributed by atoms with E-state index in [0.717, 1.165) is 0 Å². The Morgan fingerprint density at radius 2 is 2.20 bits per heavy atom. The molecule has 5 nitrogen and oxygen atoms in total. The molecule has 0 N–H and O–H groups in total. The van der Waals surface area contributed by atoms with Crippen LogP contribution in [0, 0.1) is 0 Å². The van der Waals surface area contributed by atoms with E-state index >= 15 is 0 Å². The fourth-order valence-electron chi connectivity index (χ4n) is 2.16. The molecule has 1 unspecified atom stereocenters. The van der Waals surface area contributed by atoms with Crippen LogP contribution in [0.25, 0.3) is 0 Å².